The molecule has 0 saturated heterocycles. The van der Waals surface area contributed by atoms with E-state index in [0.717, 1.165) is 63.4 Å². The highest BCUT2D eigenvalue weighted by Gasteiger charge is 2.29. The maximum absolute atomic E-state index is 13.4. The number of amides is 2. The number of anilines is 1. The molecule has 5 rings (SSSR count). The van der Waals surface area contributed by atoms with Crippen LogP contribution in [0.2, 0.25) is 0 Å². The average molecular weight is 506 g/mol. The summed E-state index contributed by atoms with van der Waals surface area (Å²) in [7, 11) is 0. The Bertz CT molecular complexity index is 1440. The third kappa shape index (κ3) is 5.30. The van der Waals surface area contributed by atoms with Gasteiger partial charge in [-0.05, 0) is 68.0 Å². The van der Waals surface area contributed by atoms with E-state index >= 15 is 0 Å². The van der Waals surface area contributed by atoms with Crippen LogP contribution in [0.1, 0.15) is 68.5 Å². The van der Waals surface area contributed by atoms with Crippen LogP contribution in [0.3, 0.4) is 0 Å². The third-order valence-electron chi connectivity index (χ3n) is 6.84. The van der Waals surface area contributed by atoms with Gasteiger partial charge in [0.15, 0.2) is 5.76 Å². The lowest BCUT2D eigenvalue weighted by molar-refractivity contribution is -0.121. The molecule has 0 atom stereocenters. The largest absolute Gasteiger partial charge is 0.455 e. The van der Waals surface area contributed by atoms with Crippen LogP contribution < -0.4 is 10.7 Å². The Morgan fingerprint density at radius 1 is 0.842 bits per heavy atom. The first-order valence-electron chi connectivity index (χ1n) is 12.9. The van der Waals surface area contributed by atoms with Gasteiger partial charge in [0.1, 0.15) is 5.76 Å². The van der Waals surface area contributed by atoms with Crippen molar-refractivity contribution in [2.45, 2.75) is 46.0 Å². The monoisotopic (exact) mass is 505 g/mol. The van der Waals surface area contributed by atoms with Gasteiger partial charge in [0.2, 0.25) is 0 Å². The van der Waals surface area contributed by atoms with Gasteiger partial charge in [-0.3, -0.25) is 9.59 Å². The second kappa shape index (κ2) is 10.9. The Labute approximate surface area is 222 Å². The van der Waals surface area contributed by atoms with Crippen LogP contribution in [0.5, 0.6) is 0 Å². The molecule has 2 N–H and O–H groups in total. The van der Waals surface area contributed by atoms with Crippen LogP contribution in [0.4, 0.5) is 5.69 Å². The summed E-state index contributed by atoms with van der Waals surface area (Å²) in [5.74, 6) is 0.0142. The molecule has 0 spiro atoms. The number of carbonyl (C=O) groups is 2. The molecule has 192 valence electrons. The summed E-state index contributed by atoms with van der Waals surface area (Å²) in [6.45, 7) is 5.87. The summed E-state index contributed by atoms with van der Waals surface area (Å²) in [5.41, 5.74) is 9.76. The maximum atomic E-state index is 13.4. The van der Waals surface area contributed by atoms with Crippen molar-refractivity contribution >= 4 is 23.2 Å². The molecular weight excluding hydrogens is 474 g/mol. The van der Waals surface area contributed by atoms with Gasteiger partial charge in [0.25, 0.3) is 11.8 Å². The predicted molar refractivity (Wildman–Crippen MR) is 150 cm³/mol. The maximum Gasteiger partial charge on any atom is 0.291 e. The first-order valence-corrected chi connectivity index (χ1v) is 12.9. The molecule has 6 heteroatoms. The van der Waals surface area contributed by atoms with E-state index in [4.69, 9.17) is 4.42 Å². The molecular formula is C32H31N3O3. The molecule has 1 aromatic heterocycles. The second-order valence-corrected chi connectivity index (χ2v) is 9.83. The lowest BCUT2D eigenvalue weighted by atomic mass is 9.90. The van der Waals surface area contributed by atoms with Gasteiger partial charge in [-0.1, -0.05) is 66.7 Å². The summed E-state index contributed by atoms with van der Waals surface area (Å²) in [6, 6.07) is 25.3. The van der Waals surface area contributed by atoms with Crippen molar-refractivity contribution < 1.29 is 14.0 Å². The van der Waals surface area contributed by atoms with Crippen molar-refractivity contribution in [3.63, 3.8) is 0 Å². The fourth-order valence-corrected chi connectivity index (χ4v) is 5.20. The Hall–Kier alpha value is -4.45. The number of aryl methyl sites for hydroxylation is 3. The first kappa shape index (κ1) is 25.2. The van der Waals surface area contributed by atoms with E-state index in [9.17, 15) is 9.59 Å². The number of nitrogens with one attached hydrogen (secondary N) is 2. The van der Waals surface area contributed by atoms with Crippen molar-refractivity contribution in [3.8, 4) is 0 Å². The van der Waals surface area contributed by atoms with E-state index in [1.807, 2.05) is 93.6 Å². The highest BCUT2D eigenvalue weighted by atomic mass is 16.4. The molecule has 2 amide bonds. The van der Waals surface area contributed by atoms with Gasteiger partial charge in [-0.15, -0.1) is 0 Å². The number of fused-ring (bicyclic) bond motifs is 1. The summed E-state index contributed by atoms with van der Waals surface area (Å²) in [6.07, 6.45) is 2.23. The molecule has 0 unspecified atom stereocenters. The normalized spacial score (nSPS) is 13.8. The number of furan rings is 1. The molecule has 4 aromatic rings. The molecule has 1 heterocycles. The molecule has 0 saturated carbocycles. The van der Waals surface area contributed by atoms with E-state index in [2.05, 4.69) is 21.9 Å². The molecule has 1 aliphatic carbocycles. The topological polar surface area (TPSA) is 83.7 Å². The third-order valence-corrected chi connectivity index (χ3v) is 6.84. The van der Waals surface area contributed by atoms with Gasteiger partial charge >= 0.3 is 0 Å². The molecule has 0 radical (unpaired) electrons. The first-order chi connectivity index (χ1) is 18.4. The molecule has 0 fully saturated rings. The van der Waals surface area contributed by atoms with Crippen LogP contribution in [0.15, 0.2) is 88.4 Å². The highest BCUT2D eigenvalue weighted by molar-refractivity contribution is 6.09. The van der Waals surface area contributed by atoms with Gasteiger partial charge < -0.3 is 9.73 Å². The molecule has 0 aliphatic heterocycles. The van der Waals surface area contributed by atoms with Gasteiger partial charge in [0, 0.05) is 23.2 Å². The number of rotatable bonds is 6. The van der Waals surface area contributed by atoms with Gasteiger partial charge in [-0.2, -0.15) is 5.10 Å². The van der Waals surface area contributed by atoms with E-state index in [-0.39, 0.29) is 17.6 Å². The number of benzene rings is 3. The number of hydrazone groups is 1. The highest BCUT2D eigenvalue weighted by Crippen LogP contribution is 2.31. The SMILES string of the molecule is Cc1cc(C)cc(NC(=O)c2oc3c(c2C)/C(=N/NC(=O)C(c2ccccc2)c2ccccc2)CCC3)c1. The quantitative estimate of drug-likeness (QED) is 0.296. The Kier molecular flexibility index (Phi) is 7.22. The predicted octanol–water partition coefficient (Wildman–Crippen LogP) is 6.45. The lowest BCUT2D eigenvalue weighted by Gasteiger charge is -2.18. The minimum atomic E-state index is -0.491. The smallest absolute Gasteiger partial charge is 0.291 e. The van der Waals surface area contributed by atoms with Crippen LogP contribution in [-0.4, -0.2) is 17.5 Å². The zero-order valence-electron chi connectivity index (χ0n) is 21.9. The van der Waals surface area contributed by atoms with Crippen molar-refractivity contribution in [1.29, 1.82) is 0 Å². The molecule has 6 nitrogen and oxygen atoms in total. The summed E-state index contributed by atoms with van der Waals surface area (Å²) in [4.78, 5) is 26.6. The fourth-order valence-electron chi connectivity index (χ4n) is 5.20. The summed E-state index contributed by atoms with van der Waals surface area (Å²) in [5, 5.41) is 7.53. The van der Waals surface area contributed by atoms with E-state index < -0.39 is 5.92 Å². The van der Waals surface area contributed by atoms with Crippen molar-refractivity contribution in [3.05, 3.63) is 124 Å². The number of carbonyl (C=O) groups excluding carboxylic acids is 2. The Balaban J connectivity index is 1.40. The van der Waals surface area contributed by atoms with E-state index in [1.54, 1.807) is 0 Å². The average Bonchev–Trinajstić information content (AvgIpc) is 3.25. The number of nitrogens with zero attached hydrogens (tertiary/aromatic N) is 1. The minimum Gasteiger partial charge on any atom is -0.455 e. The molecule has 3 aromatic carbocycles. The van der Waals surface area contributed by atoms with E-state index in [1.165, 1.54) is 0 Å². The second-order valence-electron chi connectivity index (χ2n) is 9.83. The molecule has 0 bridgehead atoms. The Morgan fingerprint density at radius 2 is 1.45 bits per heavy atom. The summed E-state index contributed by atoms with van der Waals surface area (Å²) >= 11 is 0. The van der Waals surface area contributed by atoms with E-state index in [0.29, 0.717) is 6.42 Å². The zero-order chi connectivity index (χ0) is 26.6. The number of hydrogen-bond acceptors (Lipinski definition) is 4. The van der Waals surface area contributed by atoms with Crippen LogP contribution in [0.25, 0.3) is 0 Å². The lowest BCUT2D eigenvalue weighted by Crippen LogP contribution is -2.28. The molecule has 38 heavy (non-hydrogen) atoms. The number of hydrogen-bond donors (Lipinski definition) is 2. The van der Waals surface area contributed by atoms with Crippen LogP contribution in [-0.2, 0) is 11.2 Å². The fraction of sp³-hybridized carbons (Fsp3) is 0.219. The standard InChI is InChI=1S/C32H31N3O3/c1-20-17-21(2)19-25(18-20)33-32(37)30-22(3)28-26(15-10-16-27(28)38-30)34-35-31(36)29(23-11-6-4-7-12-23)24-13-8-5-9-14-24/h4-9,11-14,17-19,29H,10,15-16H2,1-3H3,(H,33,37)(H,35,36)/b34-26+. The van der Waals surface area contributed by atoms with Crippen LogP contribution in [0, 0.1) is 20.8 Å². The summed E-state index contributed by atoms with van der Waals surface area (Å²) < 4.78 is 6.05. The zero-order valence-corrected chi connectivity index (χ0v) is 21.9. The van der Waals surface area contributed by atoms with Crippen molar-refractivity contribution in [2.75, 3.05) is 5.32 Å². The molecule has 1 aliphatic rings. The van der Waals surface area contributed by atoms with Crippen molar-refractivity contribution in [1.82, 2.24) is 5.43 Å². The minimum absolute atomic E-state index is 0.212. The Morgan fingerprint density at radius 3 is 2.05 bits per heavy atom. The van der Waals surface area contributed by atoms with Crippen LogP contribution >= 0.6 is 0 Å². The van der Waals surface area contributed by atoms with Gasteiger partial charge in [-0.25, -0.2) is 5.43 Å². The van der Waals surface area contributed by atoms with Crippen molar-refractivity contribution in [2.24, 2.45) is 5.10 Å². The van der Waals surface area contributed by atoms with Gasteiger partial charge in [0.05, 0.1) is 11.6 Å².